The van der Waals surface area contributed by atoms with Gasteiger partial charge < -0.3 is 20.7 Å². The van der Waals surface area contributed by atoms with E-state index in [-0.39, 0.29) is 12.0 Å². The molecule has 29 heavy (non-hydrogen) atoms. The molecule has 0 spiro atoms. The van der Waals surface area contributed by atoms with Gasteiger partial charge in [0, 0.05) is 31.4 Å². The van der Waals surface area contributed by atoms with Crippen molar-refractivity contribution in [2.75, 3.05) is 38.1 Å². The lowest BCUT2D eigenvalue weighted by Gasteiger charge is -2.24. The maximum absolute atomic E-state index is 12.3. The number of nitrogens with zero attached hydrogens (tertiary/aromatic N) is 2. The Morgan fingerprint density at radius 1 is 1.24 bits per heavy atom. The molecule has 7 nitrogen and oxygen atoms in total. The molecule has 2 heterocycles. The zero-order chi connectivity index (χ0) is 20.5. The van der Waals surface area contributed by atoms with E-state index >= 15 is 0 Å². The van der Waals surface area contributed by atoms with Gasteiger partial charge in [0.15, 0.2) is 5.96 Å². The van der Waals surface area contributed by atoms with Crippen LogP contribution in [0.3, 0.4) is 0 Å². The second-order valence-electron chi connectivity index (χ2n) is 7.69. The number of likely N-dealkylation sites (tertiary alicyclic amines) is 1. The zero-order valence-electron chi connectivity index (χ0n) is 17.7. The molecular weight excluding hydrogens is 366 g/mol. The van der Waals surface area contributed by atoms with E-state index in [1.165, 1.54) is 19.4 Å². The molecule has 2 unspecified atom stereocenters. The SMILES string of the molecule is CCNC(=NCc1cccc(NC(=O)C2CCCO2)c1)NCC1CCCN1CC. The van der Waals surface area contributed by atoms with E-state index in [1.807, 2.05) is 24.3 Å². The van der Waals surface area contributed by atoms with Crippen molar-refractivity contribution in [3.8, 4) is 0 Å². The Balaban J connectivity index is 1.54. The first-order chi connectivity index (χ1) is 14.2. The quantitative estimate of drug-likeness (QED) is 0.460. The van der Waals surface area contributed by atoms with Gasteiger partial charge in [0.25, 0.3) is 5.91 Å². The first-order valence-corrected chi connectivity index (χ1v) is 11.0. The Kier molecular flexibility index (Phi) is 8.31. The number of aliphatic imine (C=N–C) groups is 1. The van der Waals surface area contributed by atoms with Crippen molar-refractivity contribution < 1.29 is 9.53 Å². The van der Waals surface area contributed by atoms with E-state index < -0.39 is 0 Å². The highest BCUT2D eigenvalue weighted by molar-refractivity contribution is 5.94. The fraction of sp³-hybridized carbons (Fsp3) is 0.636. The van der Waals surface area contributed by atoms with Gasteiger partial charge in [0.05, 0.1) is 6.54 Å². The molecule has 2 saturated heterocycles. The number of carbonyl (C=O) groups is 1. The van der Waals surface area contributed by atoms with Crippen molar-refractivity contribution >= 4 is 17.6 Å². The van der Waals surface area contributed by atoms with Crippen LogP contribution in [0.15, 0.2) is 29.3 Å². The minimum Gasteiger partial charge on any atom is -0.368 e. The van der Waals surface area contributed by atoms with Crippen molar-refractivity contribution in [1.29, 1.82) is 0 Å². The summed E-state index contributed by atoms with van der Waals surface area (Å²) in [7, 11) is 0. The summed E-state index contributed by atoms with van der Waals surface area (Å²) in [5.74, 6) is 0.777. The van der Waals surface area contributed by atoms with Crippen molar-refractivity contribution in [1.82, 2.24) is 15.5 Å². The number of carbonyl (C=O) groups excluding carboxylic acids is 1. The summed E-state index contributed by atoms with van der Waals surface area (Å²) in [6, 6.07) is 8.46. The van der Waals surface area contributed by atoms with Crippen LogP contribution in [0.2, 0.25) is 0 Å². The summed E-state index contributed by atoms with van der Waals surface area (Å²) >= 11 is 0. The molecule has 1 aromatic rings. The van der Waals surface area contributed by atoms with Crippen LogP contribution in [0.4, 0.5) is 5.69 Å². The Labute approximate surface area is 174 Å². The molecule has 2 aliphatic rings. The fourth-order valence-corrected chi connectivity index (χ4v) is 4.02. The molecule has 0 saturated carbocycles. The van der Waals surface area contributed by atoms with Gasteiger partial charge in [-0.15, -0.1) is 0 Å². The highest BCUT2D eigenvalue weighted by Gasteiger charge is 2.24. The summed E-state index contributed by atoms with van der Waals surface area (Å²) in [6.45, 7) is 9.56. The number of ether oxygens (including phenoxy) is 1. The molecule has 7 heteroatoms. The third kappa shape index (κ3) is 6.44. The number of nitrogens with one attached hydrogen (secondary N) is 3. The van der Waals surface area contributed by atoms with Crippen LogP contribution in [0.1, 0.15) is 45.1 Å². The standard InChI is InChI=1S/C22H35N5O2/c1-3-23-22(25-16-19-10-6-12-27(19)4-2)24-15-17-8-5-9-18(14-17)26-21(28)20-11-7-13-29-20/h5,8-9,14,19-20H,3-4,6-7,10-13,15-16H2,1-2H3,(H,26,28)(H2,23,24,25). The lowest BCUT2D eigenvalue weighted by atomic mass is 10.2. The third-order valence-electron chi connectivity index (χ3n) is 5.59. The second-order valence-corrected chi connectivity index (χ2v) is 7.69. The van der Waals surface area contributed by atoms with Crippen LogP contribution in [0.25, 0.3) is 0 Å². The number of benzene rings is 1. The molecular formula is C22H35N5O2. The van der Waals surface area contributed by atoms with Gasteiger partial charge in [0.2, 0.25) is 0 Å². The van der Waals surface area contributed by atoms with Crippen molar-refractivity contribution in [3.05, 3.63) is 29.8 Å². The molecule has 2 fully saturated rings. The van der Waals surface area contributed by atoms with Gasteiger partial charge >= 0.3 is 0 Å². The van der Waals surface area contributed by atoms with Crippen molar-refractivity contribution in [2.45, 2.75) is 58.2 Å². The summed E-state index contributed by atoms with van der Waals surface area (Å²) in [4.78, 5) is 19.5. The van der Waals surface area contributed by atoms with Crippen LogP contribution in [0, 0.1) is 0 Å². The Hall–Kier alpha value is -2.12. The number of amides is 1. The lowest BCUT2D eigenvalue weighted by molar-refractivity contribution is -0.124. The predicted octanol–water partition coefficient (Wildman–Crippen LogP) is 2.34. The number of guanidine groups is 1. The first-order valence-electron chi connectivity index (χ1n) is 11.0. The Bertz CT molecular complexity index is 688. The fourth-order valence-electron chi connectivity index (χ4n) is 4.02. The maximum Gasteiger partial charge on any atom is 0.253 e. The molecule has 2 atom stereocenters. The largest absolute Gasteiger partial charge is 0.368 e. The molecule has 160 valence electrons. The Morgan fingerprint density at radius 2 is 2.14 bits per heavy atom. The third-order valence-corrected chi connectivity index (χ3v) is 5.59. The average molecular weight is 402 g/mol. The molecule has 3 rings (SSSR count). The molecule has 0 radical (unpaired) electrons. The van der Waals surface area contributed by atoms with E-state index in [9.17, 15) is 4.79 Å². The summed E-state index contributed by atoms with van der Waals surface area (Å²) in [6.07, 6.45) is 3.94. The van der Waals surface area contributed by atoms with E-state index in [0.29, 0.717) is 19.2 Å². The van der Waals surface area contributed by atoms with Crippen molar-refractivity contribution in [2.24, 2.45) is 4.99 Å². The van der Waals surface area contributed by atoms with E-state index in [1.54, 1.807) is 0 Å². The lowest BCUT2D eigenvalue weighted by Crippen LogP contribution is -2.44. The molecule has 3 N–H and O–H groups in total. The van der Waals surface area contributed by atoms with Gasteiger partial charge in [-0.2, -0.15) is 0 Å². The number of likely N-dealkylation sites (N-methyl/N-ethyl adjacent to an activating group) is 1. The molecule has 0 aliphatic carbocycles. The smallest absolute Gasteiger partial charge is 0.253 e. The summed E-state index contributed by atoms with van der Waals surface area (Å²) in [5.41, 5.74) is 1.85. The van der Waals surface area contributed by atoms with E-state index in [4.69, 9.17) is 9.73 Å². The van der Waals surface area contributed by atoms with Crippen LogP contribution in [-0.4, -0.2) is 61.7 Å². The molecule has 1 aromatic carbocycles. The summed E-state index contributed by atoms with van der Waals surface area (Å²) in [5, 5.41) is 9.78. The monoisotopic (exact) mass is 401 g/mol. The number of hydrogen-bond donors (Lipinski definition) is 3. The average Bonchev–Trinajstić information content (AvgIpc) is 3.42. The number of rotatable bonds is 8. The van der Waals surface area contributed by atoms with Gasteiger partial charge in [-0.1, -0.05) is 19.1 Å². The van der Waals surface area contributed by atoms with Crippen LogP contribution in [-0.2, 0) is 16.1 Å². The highest BCUT2D eigenvalue weighted by atomic mass is 16.5. The van der Waals surface area contributed by atoms with Gasteiger partial charge in [-0.25, -0.2) is 4.99 Å². The second kappa shape index (κ2) is 11.2. The normalized spacial score (nSPS) is 22.6. The number of anilines is 1. The number of hydrogen-bond acceptors (Lipinski definition) is 4. The van der Waals surface area contributed by atoms with Gasteiger partial charge in [-0.3, -0.25) is 9.69 Å². The van der Waals surface area contributed by atoms with Crippen LogP contribution >= 0.6 is 0 Å². The van der Waals surface area contributed by atoms with Crippen molar-refractivity contribution in [3.63, 3.8) is 0 Å². The molecule has 1 amide bonds. The maximum atomic E-state index is 12.3. The topological polar surface area (TPSA) is 78.0 Å². The van der Waals surface area contributed by atoms with Gasteiger partial charge in [-0.05, 0) is 63.4 Å². The molecule has 0 bridgehead atoms. The predicted molar refractivity (Wildman–Crippen MR) is 117 cm³/mol. The first kappa shape index (κ1) is 21.6. The highest BCUT2D eigenvalue weighted by Crippen LogP contribution is 2.17. The zero-order valence-corrected chi connectivity index (χ0v) is 17.7. The minimum absolute atomic E-state index is 0.0600. The minimum atomic E-state index is -0.320. The summed E-state index contributed by atoms with van der Waals surface area (Å²) < 4.78 is 5.45. The van der Waals surface area contributed by atoms with Gasteiger partial charge in [0.1, 0.15) is 6.10 Å². The van der Waals surface area contributed by atoms with E-state index in [2.05, 4.69) is 34.7 Å². The van der Waals surface area contributed by atoms with E-state index in [0.717, 1.165) is 49.7 Å². The van der Waals surface area contributed by atoms with Crippen LogP contribution < -0.4 is 16.0 Å². The molecule has 0 aromatic heterocycles. The Morgan fingerprint density at radius 3 is 2.90 bits per heavy atom. The van der Waals surface area contributed by atoms with Crippen LogP contribution in [0.5, 0.6) is 0 Å². The molecule has 2 aliphatic heterocycles.